The summed E-state index contributed by atoms with van der Waals surface area (Å²) < 4.78 is 0. The van der Waals surface area contributed by atoms with Crippen LogP contribution in [-0.2, 0) is 4.79 Å². The van der Waals surface area contributed by atoms with Crippen molar-refractivity contribution in [2.45, 2.75) is 26.2 Å². The van der Waals surface area contributed by atoms with Crippen LogP contribution in [0, 0.1) is 12.8 Å². The van der Waals surface area contributed by atoms with Crippen LogP contribution < -0.4 is 10.2 Å². The van der Waals surface area contributed by atoms with Gasteiger partial charge in [-0.2, -0.15) is 0 Å². The van der Waals surface area contributed by atoms with Gasteiger partial charge in [0.1, 0.15) is 5.82 Å². The van der Waals surface area contributed by atoms with Crippen LogP contribution in [0.2, 0.25) is 0 Å². The second-order valence-electron chi connectivity index (χ2n) is 7.08. The molecule has 0 bridgehead atoms. The quantitative estimate of drug-likeness (QED) is 0.890. The number of pyridine rings is 1. The monoisotopic (exact) mass is 352 g/mol. The standard InChI is InChI=1S/C19H24N6O/c1-14-3-2-4-16(20-14)21-17-7-8-18(23-22-17)24-9-11-25(12-10-24)19(26)13-15-5-6-15/h2-4,7-8,15H,5-6,9-13H2,1H3,(H,20,21,22). The Hall–Kier alpha value is -2.70. The van der Waals surface area contributed by atoms with Crippen molar-refractivity contribution in [3.8, 4) is 0 Å². The van der Waals surface area contributed by atoms with Gasteiger partial charge in [-0.1, -0.05) is 6.07 Å². The summed E-state index contributed by atoms with van der Waals surface area (Å²) in [5, 5.41) is 11.8. The van der Waals surface area contributed by atoms with Crippen molar-refractivity contribution in [3.05, 3.63) is 36.0 Å². The van der Waals surface area contributed by atoms with Crippen LogP contribution >= 0.6 is 0 Å². The van der Waals surface area contributed by atoms with E-state index in [9.17, 15) is 4.79 Å². The van der Waals surface area contributed by atoms with Gasteiger partial charge in [0, 0.05) is 38.3 Å². The molecule has 7 heteroatoms. The lowest BCUT2D eigenvalue weighted by Crippen LogP contribution is -2.49. The molecule has 1 N–H and O–H groups in total. The van der Waals surface area contributed by atoms with Gasteiger partial charge in [-0.15, -0.1) is 10.2 Å². The molecule has 4 rings (SSSR count). The number of nitrogens with one attached hydrogen (secondary N) is 1. The van der Waals surface area contributed by atoms with Crippen molar-refractivity contribution in [1.29, 1.82) is 0 Å². The number of rotatable bonds is 5. The molecule has 1 saturated carbocycles. The molecule has 0 spiro atoms. The van der Waals surface area contributed by atoms with Crippen LogP contribution in [0.1, 0.15) is 25.0 Å². The van der Waals surface area contributed by atoms with E-state index in [-0.39, 0.29) is 0 Å². The molecular weight excluding hydrogens is 328 g/mol. The van der Waals surface area contributed by atoms with E-state index in [1.165, 1.54) is 12.8 Å². The number of carbonyl (C=O) groups excluding carboxylic acids is 1. The van der Waals surface area contributed by atoms with Gasteiger partial charge in [-0.3, -0.25) is 4.79 Å². The Kier molecular flexibility index (Phi) is 4.69. The van der Waals surface area contributed by atoms with Crippen molar-refractivity contribution in [2.24, 2.45) is 5.92 Å². The third kappa shape index (κ3) is 4.09. The van der Waals surface area contributed by atoms with Gasteiger partial charge in [0.2, 0.25) is 5.91 Å². The third-order valence-electron chi connectivity index (χ3n) is 4.91. The predicted octanol–water partition coefficient (Wildman–Crippen LogP) is 2.37. The number of piperazine rings is 1. The van der Waals surface area contributed by atoms with E-state index in [2.05, 4.69) is 25.4 Å². The Morgan fingerprint density at radius 1 is 1.08 bits per heavy atom. The topological polar surface area (TPSA) is 74.2 Å². The molecule has 2 aliphatic rings. The molecule has 3 heterocycles. The second kappa shape index (κ2) is 7.27. The first-order valence-corrected chi connectivity index (χ1v) is 9.24. The highest BCUT2D eigenvalue weighted by atomic mass is 16.2. The van der Waals surface area contributed by atoms with Gasteiger partial charge in [0.05, 0.1) is 0 Å². The van der Waals surface area contributed by atoms with Crippen molar-refractivity contribution in [3.63, 3.8) is 0 Å². The van der Waals surface area contributed by atoms with Gasteiger partial charge in [-0.25, -0.2) is 4.98 Å². The number of amides is 1. The molecule has 0 radical (unpaired) electrons. The maximum Gasteiger partial charge on any atom is 0.222 e. The summed E-state index contributed by atoms with van der Waals surface area (Å²) in [7, 11) is 0. The SMILES string of the molecule is Cc1cccc(Nc2ccc(N3CCN(C(=O)CC4CC4)CC3)nn2)n1. The Labute approximate surface area is 153 Å². The highest BCUT2D eigenvalue weighted by molar-refractivity contribution is 5.77. The maximum atomic E-state index is 12.2. The second-order valence-corrected chi connectivity index (χ2v) is 7.08. The van der Waals surface area contributed by atoms with E-state index < -0.39 is 0 Å². The fourth-order valence-corrected chi connectivity index (χ4v) is 3.19. The van der Waals surface area contributed by atoms with Gasteiger partial charge >= 0.3 is 0 Å². The molecule has 1 aliphatic heterocycles. The van der Waals surface area contributed by atoms with Crippen LogP contribution in [-0.4, -0.2) is 52.2 Å². The number of nitrogens with zero attached hydrogens (tertiary/aromatic N) is 5. The Morgan fingerprint density at radius 3 is 2.54 bits per heavy atom. The summed E-state index contributed by atoms with van der Waals surface area (Å²) in [6.45, 7) is 5.09. The fraction of sp³-hybridized carbons (Fsp3) is 0.474. The lowest BCUT2D eigenvalue weighted by molar-refractivity contribution is -0.131. The van der Waals surface area contributed by atoms with Gasteiger partial charge in [-0.05, 0) is 49.9 Å². The van der Waals surface area contributed by atoms with Crippen LogP contribution in [0.25, 0.3) is 0 Å². The Bertz CT molecular complexity index is 766. The zero-order chi connectivity index (χ0) is 17.9. The minimum absolute atomic E-state index is 0.309. The molecule has 0 aromatic carbocycles. The number of hydrogen-bond acceptors (Lipinski definition) is 6. The Balaban J connectivity index is 1.32. The smallest absolute Gasteiger partial charge is 0.222 e. The van der Waals surface area contributed by atoms with Crippen LogP contribution in [0.3, 0.4) is 0 Å². The van der Waals surface area contributed by atoms with E-state index >= 15 is 0 Å². The van der Waals surface area contributed by atoms with Crippen molar-refractivity contribution < 1.29 is 4.79 Å². The molecule has 2 aromatic rings. The van der Waals surface area contributed by atoms with E-state index in [1.54, 1.807) is 0 Å². The number of aryl methyl sites for hydroxylation is 1. The number of hydrogen-bond donors (Lipinski definition) is 1. The number of anilines is 3. The largest absolute Gasteiger partial charge is 0.352 e. The summed E-state index contributed by atoms with van der Waals surface area (Å²) in [6.07, 6.45) is 3.17. The van der Waals surface area contributed by atoms with Crippen LogP contribution in [0.4, 0.5) is 17.5 Å². The third-order valence-corrected chi connectivity index (χ3v) is 4.91. The normalized spacial score (nSPS) is 17.3. The first-order chi connectivity index (χ1) is 12.7. The average Bonchev–Trinajstić information content (AvgIpc) is 3.47. The molecule has 1 saturated heterocycles. The lowest BCUT2D eigenvalue weighted by Gasteiger charge is -2.35. The van der Waals surface area contributed by atoms with Gasteiger partial charge < -0.3 is 15.1 Å². The molecule has 26 heavy (non-hydrogen) atoms. The lowest BCUT2D eigenvalue weighted by atomic mass is 10.2. The zero-order valence-corrected chi connectivity index (χ0v) is 15.1. The molecule has 0 atom stereocenters. The molecule has 2 aromatic heterocycles. The molecule has 2 fully saturated rings. The number of carbonyl (C=O) groups is 1. The van der Waals surface area contributed by atoms with Crippen molar-refractivity contribution in [2.75, 3.05) is 36.4 Å². The summed E-state index contributed by atoms with van der Waals surface area (Å²) >= 11 is 0. The molecule has 1 aliphatic carbocycles. The molecule has 7 nitrogen and oxygen atoms in total. The van der Waals surface area contributed by atoms with E-state index in [4.69, 9.17) is 0 Å². The highest BCUT2D eigenvalue weighted by Crippen LogP contribution is 2.33. The van der Waals surface area contributed by atoms with Crippen LogP contribution in [0.15, 0.2) is 30.3 Å². The molecule has 136 valence electrons. The average molecular weight is 352 g/mol. The number of aromatic nitrogens is 3. The first kappa shape index (κ1) is 16.8. The predicted molar refractivity (Wildman–Crippen MR) is 100 cm³/mol. The van der Waals surface area contributed by atoms with Gasteiger partial charge in [0.15, 0.2) is 11.6 Å². The summed E-state index contributed by atoms with van der Waals surface area (Å²) in [5.74, 6) is 3.24. The summed E-state index contributed by atoms with van der Waals surface area (Å²) in [4.78, 5) is 20.8. The van der Waals surface area contributed by atoms with Crippen LogP contribution in [0.5, 0.6) is 0 Å². The van der Waals surface area contributed by atoms with E-state index in [0.29, 0.717) is 17.6 Å². The van der Waals surface area contributed by atoms with Crippen molar-refractivity contribution >= 4 is 23.4 Å². The Morgan fingerprint density at radius 2 is 1.88 bits per heavy atom. The minimum Gasteiger partial charge on any atom is -0.352 e. The molecule has 1 amide bonds. The van der Waals surface area contributed by atoms with E-state index in [0.717, 1.165) is 49.9 Å². The van der Waals surface area contributed by atoms with Gasteiger partial charge in [0.25, 0.3) is 0 Å². The molecular formula is C19H24N6O. The highest BCUT2D eigenvalue weighted by Gasteiger charge is 2.28. The maximum absolute atomic E-state index is 12.2. The minimum atomic E-state index is 0.309. The van der Waals surface area contributed by atoms with E-state index in [1.807, 2.05) is 42.2 Å². The summed E-state index contributed by atoms with van der Waals surface area (Å²) in [6, 6.07) is 9.69. The zero-order valence-electron chi connectivity index (χ0n) is 15.1. The fourth-order valence-electron chi connectivity index (χ4n) is 3.19. The van der Waals surface area contributed by atoms with Crippen molar-refractivity contribution in [1.82, 2.24) is 20.1 Å². The molecule has 0 unspecified atom stereocenters. The first-order valence-electron chi connectivity index (χ1n) is 9.24. The summed E-state index contributed by atoms with van der Waals surface area (Å²) in [5.41, 5.74) is 0.952.